The molecule has 1 unspecified atom stereocenters. The Bertz CT molecular complexity index is 784. The number of aromatic nitrogens is 3. The van der Waals surface area contributed by atoms with E-state index in [0.29, 0.717) is 11.8 Å². The predicted molar refractivity (Wildman–Crippen MR) is 112 cm³/mol. The first kappa shape index (κ1) is 20.7. The van der Waals surface area contributed by atoms with Gasteiger partial charge in [0.15, 0.2) is 17.1 Å². The molecule has 1 aliphatic carbocycles. The average Bonchev–Trinajstić information content (AvgIpc) is 2.87. The summed E-state index contributed by atoms with van der Waals surface area (Å²) in [5.74, 6) is 2.02. The van der Waals surface area contributed by atoms with Gasteiger partial charge in [-0.25, -0.2) is 0 Å². The van der Waals surface area contributed by atoms with Crippen molar-refractivity contribution in [1.29, 1.82) is 0 Å². The van der Waals surface area contributed by atoms with Crippen molar-refractivity contribution in [2.75, 3.05) is 5.75 Å². The third kappa shape index (κ3) is 5.50. The van der Waals surface area contributed by atoms with Crippen LogP contribution in [0, 0.1) is 6.92 Å². The van der Waals surface area contributed by atoms with Gasteiger partial charge >= 0.3 is 0 Å². The number of rotatable bonds is 7. The van der Waals surface area contributed by atoms with Crippen LogP contribution in [0.25, 0.3) is 0 Å². The van der Waals surface area contributed by atoms with Crippen molar-refractivity contribution in [1.82, 2.24) is 20.1 Å². The first-order valence-corrected chi connectivity index (χ1v) is 11.1. The van der Waals surface area contributed by atoms with Gasteiger partial charge in [-0.15, -0.1) is 10.2 Å². The molecule has 0 saturated heterocycles. The van der Waals surface area contributed by atoms with Crippen LogP contribution in [-0.2, 0) is 11.8 Å². The van der Waals surface area contributed by atoms with Crippen LogP contribution in [0.15, 0.2) is 29.4 Å². The number of carbonyl (C=O) groups excluding carboxylic acids is 1. The van der Waals surface area contributed by atoms with E-state index in [0.717, 1.165) is 35.1 Å². The molecule has 152 valence electrons. The lowest BCUT2D eigenvalue weighted by atomic mass is 10.1. The third-order valence-electron chi connectivity index (χ3n) is 5.18. The number of hydrogen-bond acceptors (Lipinski definition) is 5. The fourth-order valence-corrected chi connectivity index (χ4v) is 4.29. The molecule has 1 aliphatic rings. The molecule has 1 heterocycles. The fourth-order valence-electron chi connectivity index (χ4n) is 3.56. The molecule has 0 spiro atoms. The molecule has 0 bridgehead atoms. The lowest BCUT2D eigenvalue weighted by Gasteiger charge is -2.16. The van der Waals surface area contributed by atoms with E-state index in [-0.39, 0.29) is 12.0 Å². The predicted octanol–water partition coefficient (Wildman–Crippen LogP) is 4.19. The van der Waals surface area contributed by atoms with E-state index in [2.05, 4.69) is 15.5 Å². The number of amides is 1. The van der Waals surface area contributed by atoms with E-state index < -0.39 is 0 Å². The number of para-hydroxylation sites is 1. The van der Waals surface area contributed by atoms with Crippen LogP contribution in [0.5, 0.6) is 5.75 Å². The minimum Gasteiger partial charge on any atom is -0.482 e. The van der Waals surface area contributed by atoms with Crippen LogP contribution in [0.2, 0.25) is 0 Å². The van der Waals surface area contributed by atoms with Crippen molar-refractivity contribution in [2.45, 2.75) is 69.7 Å². The van der Waals surface area contributed by atoms with E-state index in [1.165, 1.54) is 37.4 Å². The molecule has 28 heavy (non-hydrogen) atoms. The summed E-state index contributed by atoms with van der Waals surface area (Å²) in [6.07, 6.45) is 6.95. The number of nitrogens with zero attached hydrogens (tertiary/aromatic N) is 3. The molecule has 1 N–H and O–H groups in total. The molecule has 7 heteroatoms. The molecule has 3 rings (SSSR count). The summed E-state index contributed by atoms with van der Waals surface area (Å²) in [6.45, 7) is 3.98. The van der Waals surface area contributed by atoms with Gasteiger partial charge in [0.25, 0.3) is 0 Å². The highest BCUT2D eigenvalue weighted by Gasteiger charge is 2.19. The Kier molecular flexibility index (Phi) is 7.36. The van der Waals surface area contributed by atoms with Gasteiger partial charge in [-0.2, -0.15) is 0 Å². The van der Waals surface area contributed by atoms with Crippen molar-refractivity contribution >= 4 is 17.7 Å². The van der Waals surface area contributed by atoms with Gasteiger partial charge < -0.3 is 14.6 Å². The number of hydrogen-bond donors (Lipinski definition) is 1. The number of benzene rings is 1. The van der Waals surface area contributed by atoms with E-state index >= 15 is 0 Å². The largest absolute Gasteiger partial charge is 0.482 e. The van der Waals surface area contributed by atoms with Gasteiger partial charge in [0, 0.05) is 13.1 Å². The lowest BCUT2D eigenvalue weighted by molar-refractivity contribution is -0.119. The summed E-state index contributed by atoms with van der Waals surface area (Å²) in [5, 5.41) is 12.4. The van der Waals surface area contributed by atoms with E-state index in [9.17, 15) is 4.79 Å². The Balaban J connectivity index is 1.53. The van der Waals surface area contributed by atoms with Crippen molar-refractivity contribution in [3.63, 3.8) is 0 Å². The Morgan fingerprint density at radius 2 is 1.96 bits per heavy atom. The molecule has 1 aromatic carbocycles. The maximum absolute atomic E-state index is 12.3. The van der Waals surface area contributed by atoms with Crippen LogP contribution in [0.1, 0.15) is 62.9 Å². The zero-order valence-corrected chi connectivity index (χ0v) is 17.8. The topological polar surface area (TPSA) is 69.0 Å². The standard InChI is InChI=1S/C21H30N4O2S/c1-15-10-8-9-13-18(15)27-16(2)20-23-24-21(25(20)3)28-14-19(26)22-17-11-6-4-5-7-12-17/h8-10,13,16-17H,4-7,11-12,14H2,1-3H3,(H,22,26). The van der Waals surface area contributed by atoms with E-state index in [1.807, 2.05) is 49.7 Å². The van der Waals surface area contributed by atoms with Crippen LogP contribution in [0.3, 0.4) is 0 Å². The van der Waals surface area contributed by atoms with Gasteiger partial charge in [-0.05, 0) is 38.3 Å². The highest BCUT2D eigenvalue weighted by molar-refractivity contribution is 7.99. The number of thioether (sulfide) groups is 1. The third-order valence-corrected chi connectivity index (χ3v) is 6.20. The summed E-state index contributed by atoms with van der Waals surface area (Å²) >= 11 is 1.42. The van der Waals surface area contributed by atoms with Gasteiger partial charge in [0.05, 0.1) is 5.75 Å². The second kappa shape index (κ2) is 9.96. The normalized spacial score (nSPS) is 16.4. The smallest absolute Gasteiger partial charge is 0.230 e. The molecule has 1 fully saturated rings. The Morgan fingerprint density at radius 3 is 2.68 bits per heavy atom. The molecule has 6 nitrogen and oxygen atoms in total. The molecule has 1 aromatic heterocycles. The van der Waals surface area contributed by atoms with E-state index in [4.69, 9.17) is 4.74 Å². The average molecular weight is 403 g/mol. The van der Waals surface area contributed by atoms with Crippen molar-refractivity contribution in [3.8, 4) is 5.75 Å². The van der Waals surface area contributed by atoms with Crippen molar-refractivity contribution in [3.05, 3.63) is 35.7 Å². The van der Waals surface area contributed by atoms with Gasteiger partial charge in [0.2, 0.25) is 5.91 Å². The maximum Gasteiger partial charge on any atom is 0.230 e. The molecule has 2 aromatic rings. The Hall–Kier alpha value is -2.02. The molecule has 0 radical (unpaired) electrons. The summed E-state index contributed by atoms with van der Waals surface area (Å²) in [7, 11) is 1.92. The van der Waals surface area contributed by atoms with E-state index in [1.54, 1.807) is 0 Å². The molecular formula is C21H30N4O2S. The molecule has 1 atom stereocenters. The maximum atomic E-state index is 12.3. The lowest BCUT2D eigenvalue weighted by Crippen LogP contribution is -2.35. The van der Waals surface area contributed by atoms with Crippen molar-refractivity contribution < 1.29 is 9.53 Å². The number of ether oxygens (including phenoxy) is 1. The molecular weight excluding hydrogens is 372 g/mol. The first-order chi connectivity index (χ1) is 13.5. The molecule has 0 aliphatic heterocycles. The minimum absolute atomic E-state index is 0.0747. The summed E-state index contributed by atoms with van der Waals surface area (Å²) in [5.41, 5.74) is 1.08. The van der Waals surface area contributed by atoms with Gasteiger partial charge in [0.1, 0.15) is 5.75 Å². The number of aryl methyl sites for hydroxylation is 1. The first-order valence-electron chi connectivity index (χ1n) is 10.1. The van der Waals surface area contributed by atoms with Crippen molar-refractivity contribution in [2.24, 2.45) is 7.05 Å². The highest BCUT2D eigenvalue weighted by Crippen LogP contribution is 2.25. The molecule has 1 amide bonds. The zero-order chi connectivity index (χ0) is 19.9. The zero-order valence-electron chi connectivity index (χ0n) is 17.0. The van der Waals surface area contributed by atoms with Crippen LogP contribution in [0.4, 0.5) is 0 Å². The van der Waals surface area contributed by atoms with Crippen LogP contribution >= 0.6 is 11.8 Å². The Labute approximate surface area is 171 Å². The SMILES string of the molecule is Cc1ccccc1OC(C)c1nnc(SCC(=O)NC2CCCCCC2)n1C. The number of nitrogens with one attached hydrogen (secondary N) is 1. The summed E-state index contributed by atoms with van der Waals surface area (Å²) in [4.78, 5) is 12.3. The van der Waals surface area contributed by atoms with Gasteiger partial charge in [-0.1, -0.05) is 55.6 Å². The fraction of sp³-hybridized carbons (Fsp3) is 0.571. The summed E-state index contributed by atoms with van der Waals surface area (Å²) < 4.78 is 7.96. The monoisotopic (exact) mass is 402 g/mol. The number of carbonyl (C=O) groups is 1. The second-order valence-corrected chi connectivity index (χ2v) is 8.41. The van der Waals surface area contributed by atoms with Gasteiger partial charge in [-0.3, -0.25) is 4.79 Å². The minimum atomic E-state index is -0.229. The van der Waals surface area contributed by atoms with Crippen LogP contribution in [-0.4, -0.2) is 32.5 Å². The van der Waals surface area contributed by atoms with Crippen LogP contribution < -0.4 is 10.1 Å². The molecule has 1 saturated carbocycles. The Morgan fingerprint density at radius 1 is 1.25 bits per heavy atom. The summed E-state index contributed by atoms with van der Waals surface area (Å²) in [6, 6.07) is 8.25. The quantitative estimate of drug-likeness (QED) is 0.555. The highest BCUT2D eigenvalue weighted by atomic mass is 32.2. The second-order valence-electron chi connectivity index (χ2n) is 7.47.